The van der Waals surface area contributed by atoms with Crippen molar-refractivity contribution in [1.82, 2.24) is 15.3 Å². The van der Waals surface area contributed by atoms with Crippen LogP contribution in [0, 0.1) is 0 Å². The molecule has 2 aromatic heterocycles. The number of para-hydroxylation sites is 1. The zero-order chi connectivity index (χ0) is 27.3. The minimum absolute atomic E-state index is 0.0764. The Labute approximate surface area is 222 Å². The number of carbonyl (C=O) groups is 3. The van der Waals surface area contributed by atoms with E-state index in [1.54, 1.807) is 18.2 Å². The third-order valence-electron chi connectivity index (χ3n) is 4.72. The van der Waals surface area contributed by atoms with Gasteiger partial charge < -0.3 is 31.9 Å². The monoisotopic (exact) mass is 534 g/mol. The molecule has 4 rings (SSSR count). The van der Waals surface area contributed by atoms with Crippen LogP contribution in [0.5, 0.6) is 0 Å². The van der Waals surface area contributed by atoms with Crippen LogP contribution in [0.3, 0.4) is 0 Å². The van der Waals surface area contributed by atoms with Gasteiger partial charge in [-0.05, 0) is 29.8 Å². The topological polar surface area (TPSA) is 183 Å². The quantitative estimate of drug-likeness (QED) is 0.212. The van der Waals surface area contributed by atoms with Gasteiger partial charge in [-0.15, -0.1) is 11.3 Å². The van der Waals surface area contributed by atoms with Gasteiger partial charge in [-0.2, -0.15) is 4.98 Å². The second kappa shape index (κ2) is 13.9. The highest BCUT2D eigenvalue weighted by molar-refractivity contribution is 7.17. The molecule has 0 radical (unpaired) electrons. The number of nitrogens with two attached hydrogens (primary N) is 2. The first kappa shape index (κ1) is 27.6. The largest absolute Gasteiger partial charge is 0.481 e. The van der Waals surface area contributed by atoms with Crippen LogP contribution >= 0.6 is 11.3 Å². The molecule has 7 N–H and O–H groups in total. The van der Waals surface area contributed by atoms with Crippen molar-refractivity contribution in [2.75, 3.05) is 17.6 Å². The van der Waals surface area contributed by atoms with Gasteiger partial charge in [-0.1, -0.05) is 48.5 Å². The zero-order valence-corrected chi connectivity index (χ0v) is 21.0. The van der Waals surface area contributed by atoms with Gasteiger partial charge in [0.15, 0.2) is 0 Å². The van der Waals surface area contributed by atoms with Crippen molar-refractivity contribution >= 4 is 46.8 Å². The van der Waals surface area contributed by atoms with E-state index in [9.17, 15) is 14.4 Å². The zero-order valence-electron chi connectivity index (χ0n) is 20.2. The van der Waals surface area contributed by atoms with E-state index in [1.165, 1.54) is 11.3 Å². The number of hydrogen-bond acceptors (Lipinski definition) is 9. The first-order chi connectivity index (χ1) is 18.3. The molecule has 0 aliphatic heterocycles. The molecule has 0 bridgehead atoms. The number of ether oxygens (including phenoxy) is 1. The first-order valence-electron chi connectivity index (χ1n) is 11.3. The molecule has 0 spiro atoms. The number of thiophene rings is 1. The molecule has 12 heteroatoms. The molecule has 196 valence electrons. The molecular formula is C26H26N6O5S. The lowest BCUT2D eigenvalue weighted by Crippen LogP contribution is -2.25. The van der Waals surface area contributed by atoms with E-state index in [-0.39, 0.29) is 31.4 Å². The van der Waals surface area contributed by atoms with Crippen LogP contribution in [0.2, 0.25) is 0 Å². The van der Waals surface area contributed by atoms with Gasteiger partial charge in [0.2, 0.25) is 5.95 Å². The molecule has 2 aromatic carbocycles. The summed E-state index contributed by atoms with van der Waals surface area (Å²) < 4.78 is 4.57. The Hall–Kier alpha value is -4.97. The third kappa shape index (κ3) is 9.24. The molecule has 0 atom stereocenters. The lowest BCUT2D eigenvalue weighted by Gasteiger charge is -2.07. The Morgan fingerprint density at radius 3 is 2.29 bits per heavy atom. The Morgan fingerprint density at radius 1 is 0.947 bits per heavy atom. The van der Waals surface area contributed by atoms with E-state index in [0.717, 1.165) is 16.1 Å². The number of primary amides is 1. The summed E-state index contributed by atoms with van der Waals surface area (Å²) in [7, 11) is 0. The molecule has 4 aromatic rings. The Morgan fingerprint density at radius 2 is 1.63 bits per heavy atom. The van der Waals surface area contributed by atoms with Crippen LogP contribution < -0.4 is 22.1 Å². The van der Waals surface area contributed by atoms with Gasteiger partial charge in [0.25, 0.3) is 5.91 Å². The van der Waals surface area contributed by atoms with E-state index in [1.807, 2.05) is 60.7 Å². The molecular weight excluding hydrogens is 508 g/mol. The smallest absolute Gasteiger partial charge is 0.404 e. The van der Waals surface area contributed by atoms with Crippen molar-refractivity contribution in [2.45, 2.75) is 13.0 Å². The highest BCUT2D eigenvalue weighted by atomic mass is 32.1. The highest BCUT2D eigenvalue weighted by Crippen LogP contribution is 2.29. The predicted octanol–water partition coefficient (Wildman–Crippen LogP) is 4.02. The highest BCUT2D eigenvalue weighted by Gasteiger charge is 2.13. The Kier molecular flexibility index (Phi) is 10.1. The summed E-state index contributed by atoms with van der Waals surface area (Å²) in [6.07, 6.45) is -0.866. The lowest BCUT2D eigenvalue weighted by atomic mass is 10.2. The number of carboxylic acid groups (broad SMARTS) is 1. The summed E-state index contributed by atoms with van der Waals surface area (Å²) in [5.74, 6) is -0.620. The maximum absolute atomic E-state index is 12.1. The fraction of sp³-hybridized carbons (Fsp3) is 0.115. The van der Waals surface area contributed by atoms with Crippen LogP contribution in [0.4, 0.5) is 22.2 Å². The SMILES string of the molecule is NC(=O)OCc1ccccc1.Nc1nc(Nc2ccccc2)cc(-c2ccc(C(=O)NCCC(=O)O)s2)n1. The normalized spacial score (nSPS) is 10.0. The van der Waals surface area contributed by atoms with Gasteiger partial charge in [0.05, 0.1) is 21.9 Å². The fourth-order valence-electron chi connectivity index (χ4n) is 3.02. The van der Waals surface area contributed by atoms with Crippen LogP contribution in [0.1, 0.15) is 21.7 Å². The number of hydrogen-bond donors (Lipinski definition) is 5. The number of anilines is 3. The number of benzene rings is 2. The van der Waals surface area contributed by atoms with Crippen molar-refractivity contribution in [3.8, 4) is 10.6 Å². The van der Waals surface area contributed by atoms with Gasteiger partial charge in [-0.25, -0.2) is 9.78 Å². The van der Waals surface area contributed by atoms with Crippen molar-refractivity contribution in [1.29, 1.82) is 0 Å². The first-order valence-corrected chi connectivity index (χ1v) is 12.1. The number of aromatic nitrogens is 2. The third-order valence-corrected chi connectivity index (χ3v) is 5.83. The molecule has 0 saturated carbocycles. The summed E-state index contributed by atoms with van der Waals surface area (Å²) in [6.45, 7) is 0.323. The summed E-state index contributed by atoms with van der Waals surface area (Å²) in [6, 6.07) is 24.1. The summed E-state index contributed by atoms with van der Waals surface area (Å²) in [5.41, 5.74) is 13.0. The molecule has 0 aliphatic carbocycles. The molecule has 0 saturated heterocycles. The standard InChI is InChI=1S/C18H17N5O3S.C8H9NO2/c19-18-22-12(10-15(23-18)21-11-4-2-1-3-5-11)13-6-7-14(27-13)17(26)20-9-8-16(24)25;9-8(10)11-6-7-4-2-1-3-5-7/h1-7,10H,8-9H2,(H,20,26)(H,24,25)(H3,19,21,22,23);1-5H,6H2,(H2,9,10). The number of rotatable bonds is 9. The van der Waals surface area contributed by atoms with Crippen LogP contribution in [-0.4, -0.2) is 39.6 Å². The molecule has 38 heavy (non-hydrogen) atoms. The average Bonchev–Trinajstić information content (AvgIpc) is 3.39. The minimum atomic E-state index is -0.961. The number of carbonyl (C=O) groups excluding carboxylic acids is 2. The summed E-state index contributed by atoms with van der Waals surface area (Å²) in [4.78, 5) is 42.4. The molecule has 2 amide bonds. The number of nitrogen functional groups attached to an aromatic ring is 1. The predicted molar refractivity (Wildman–Crippen MR) is 145 cm³/mol. The number of nitrogens with one attached hydrogen (secondary N) is 2. The fourth-order valence-corrected chi connectivity index (χ4v) is 3.90. The van der Waals surface area contributed by atoms with Gasteiger partial charge in [0, 0.05) is 18.3 Å². The van der Waals surface area contributed by atoms with Crippen LogP contribution in [-0.2, 0) is 16.1 Å². The lowest BCUT2D eigenvalue weighted by molar-refractivity contribution is -0.136. The van der Waals surface area contributed by atoms with Crippen LogP contribution in [0.15, 0.2) is 78.9 Å². The van der Waals surface area contributed by atoms with E-state index in [0.29, 0.717) is 16.4 Å². The second-order valence-corrected chi connectivity index (χ2v) is 8.73. The van der Waals surface area contributed by atoms with E-state index in [4.69, 9.17) is 16.6 Å². The second-order valence-electron chi connectivity index (χ2n) is 7.64. The van der Waals surface area contributed by atoms with Crippen molar-refractivity contribution in [3.05, 3.63) is 89.3 Å². The average molecular weight is 535 g/mol. The van der Waals surface area contributed by atoms with Gasteiger partial charge >= 0.3 is 12.1 Å². The Balaban J connectivity index is 0.000000304. The number of nitrogens with zero attached hydrogens (tertiary/aromatic N) is 2. The van der Waals surface area contributed by atoms with Gasteiger partial charge in [0.1, 0.15) is 12.4 Å². The summed E-state index contributed by atoms with van der Waals surface area (Å²) in [5, 5.41) is 14.4. The number of aliphatic carboxylic acids is 1. The molecule has 0 aliphatic rings. The molecule has 0 fully saturated rings. The minimum Gasteiger partial charge on any atom is -0.481 e. The number of carboxylic acids is 1. The van der Waals surface area contributed by atoms with Gasteiger partial charge in [-0.3, -0.25) is 9.59 Å². The van der Waals surface area contributed by atoms with E-state index < -0.39 is 12.1 Å². The van der Waals surface area contributed by atoms with Crippen molar-refractivity contribution in [2.24, 2.45) is 5.73 Å². The number of amides is 2. The molecule has 0 unspecified atom stereocenters. The van der Waals surface area contributed by atoms with E-state index in [2.05, 4.69) is 25.3 Å². The maximum Gasteiger partial charge on any atom is 0.404 e. The molecule has 2 heterocycles. The van der Waals surface area contributed by atoms with Crippen LogP contribution in [0.25, 0.3) is 10.6 Å². The van der Waals surface area contributed by atoms with Crippen molar-refractivity contribution < 1.29 is 24.2 Å². The summed E-state index contributed by atoms with van der Waals surface area (Å²) >= 11 is 1.24. The molecule has 11 nitrogen and oxygen atoms in total. The van der Waals surface area contributed by atoms with E-state index >= 15 is 0 Å². The maximum atomic E-state index is 12.1. The van der Waals surface area contributed by atoms with Crippen molar-refractivity contribution in [3.63, 3.8) is 0 Å². The Bertz CT molecular complexity index is 1370.